The molecule has 30 heavy (non-hydrogen) atoms. The van der Waals surface area contributed by atoms with Crippen molar-refractivity contribution in [2.45, 2.75) is 13.3 Å². The van der Waals surface area contributed by atoms with Crippen molar-refractivity contribution in [2.75, 3.05) is 7.11 Å². The molecule has 0 aliphatic rings. The molecule has 1 aromatic carbocycles. The molecular weight excluding hydrogens is 393 g/mol. The van der Waals surface area contributed by atoms with Crippen molar-refractivity contribution >= 4 is 17.6 Å². The third-order valence-electron chi connectivity index (χ3n) is 4.21. The molecule has 154 valence electrons. The van der Waals surface area contributed by atoms with E-state index in [4.69, 9.17) is 0 Å². The summed E-state index contributed by atoms with van der Waals surface area (Å²) in [6.07, 6.45) is 2.68. The second-order valence-corrected chi connectivity index (χ2v) is 6.22. The molecule has 2 aromatic heterocycles. The molecule has 0 spiro atoms. The summed E-state index contributed by atoms with van der Waals surface area (Å²) in [5.41, 5.74) is 3.01. The predicted octanol–water partition coefficient (Wildman–Crippen LogP) is 1.57. The summed E-state index contributed by atoms with van der Waals surface area (Å²) in [7, 11) is 1.23. The van der Waals surface area contributed by atoms with E-state index >= 15 is 0 Å². The molecule has 10 heteroatoms. The maximum Gasteiger partial charge on any atom is 0.311 e. The highest BCUT2D eigenvalue weighted by atomic mass is 19.1. The number of nitrogens with one attached hydrogen (secondary N) is 2. The molecule has 0 saturated carbocycles. The van der Waals surface area contributed by atoms with Crippen LogP contribution in [0.3, 0.4) is 0 Å². The normalized spacial score (nSPS) is 11.2. The van der Waals surface area contributed by atoms with Crippen LogP contribution < -0.4 is 11.0 Å². The Bertz CT molecular complexity index is 1150. The van der Waals surface area contributed by atoms with Crippen molar-refractivity contribution in [3.05, 3.63) is 81.8 Å². The Hall–Kier alpha value is -4.08. The Kier molecular flexibility index (Phi) is 6.16. The van der Waals surface area contributed by atoms with Crippen LogP contribution in [0.1, 0.15) is 28.5 Å². The number of hydrogen-bond donors (Lipinski definition) is 2. The molecule has 9 nitrogen and oxygen atoms in total. The molecule has 0 fully saturated rings. The quantitative estimate of drug-likeness (QED) is 0.363. The summed E-state index contributed by atoms with van der Waals surface area (Å²) in [4.78, 5) is 40.8. The number of carbonyl (C=O) groups excluding carboxylic acids is 2. The Morgan fingerprint density at radius 2 is 2.00 bits per heavy atom. The van der Waals surface area contributed by atoms with Gasteiger partial charge < -0.3 is 4.74 Å². The first-order valence-electron chi connectivity index (χ1n) is 8.82. The molecule has 3 aromatic rings. The highest BCUT2D eigenvalue weighted by Gasteiger charge is 2.21. The number of nitrogens with zero attached hydrogens (tertiary/aromatic N) is 3. The minimum Gasteiger partial charge on any atom is -0.469 e. The monoisotopic (exact) mass is 411 g/mol. The van der Waals surface area contributed by atoms with E-state index in [1.54, 1.807) is 12.1 Å². The first-order chi connectivity index (χ1) is 14.4. The van der Waals surface area contributed by atoms with Crippen LogP contribution in [0.15, 0.2) is 58.7 Å². The van der Waals surface area contributed by atoms with Crippen LogP contribution in [0.5, 0.6) is 0 Å². The molecule has 1 amide bonds. The average molecular weight is 411 g/mol. The van der Waals surface area contributed by atoms with Gasteiger partial charge in [0.1, 0.15) is 5.82 Å². The topological polar surface area (TPSA) is 118 Å². The lowest BCUT2D eigenvalue weighted by atomic mass is 10.1. The lowest BCUT2D eigenvalue weighted by Gasteiger charge is -2.03. The number of methoxy groups -OCH3 is 1. The zero-order chi connectivity index (χ0) is 21.7. The van der Waals surface area contributed by atoms with Gasteiger partial charge in [0.2, 0.25) is 0 Å². The Morgan fingerprint density at radius 3 is 2.63 bits per heavy atom. The highest BCUT2D eigenvalue weighted by molar-refractivity contribution is 6.02. The molecule has 0 atom stereocenters. The van der Waals surface area contributed by atoms with Gasteiger partial charge in [0.05, 0.1) is 41.8 Å². The summed E-state index contributed by atoms with van der Waals surface area (Å²) in [5, 5.41) is 6.82. The summed E-state index contributed by atoms with van der Waals surface area (Å²) in [6, 6.07) is 8.40. The Balaban J connectivity index is 1.98. The standard InChI is InChI=1S/C20H18FN5O4/c1-12(23-24-19(28)13-4-3-9-22-11-13)18-16(10-17(27)30-2)25-26(20(18)29)15-7-5-14(21)6-8-15/h3-9,11,25H,10H2,1-2H3,(H,24,28). The number of esters is 1. The van der Waals surface area contributed by atoms with E-state index in [-0.39, 0.29) is 23.4 Å². The summed E-state index contributed by atoms with van der Waals surface area (Å²) < 4.78 is 19.1. The van der Waals surface area contributed by atoms with Gasteiger partial charge in [-0.1, -0.05) is 0 Å². The van der Waals surface area contributed by atoms with E-state index in [0.717, 1.165) is 4.68 Å². The fraction of sp³-hybridized carbons (Fsp3) is 0.150. The number of H-pyrrole nitrogens is 1. The number of pyridine rings is 1. The molecule has 2 N–H and O–H groups in total. The Labute approximate surface area is 170 Å². The number of amides is 1. The molecule has 3 rings (SSSR count). The third kappa shape index (κ3) is 4.49. The number of halogens is 1. The largest absolute Gasteiger partial charge is 0.469 e. The number of ether oxygens (including phenoxy) is 1. The Morgan fingerprint density at radius 1 is 1.27 bits per heavy atom. The van der Waals surface area contributed by atoms with Crippen molar-refractivity contribution in [1.29, 1.82) is 0 Å². The fourth-order valence-corrected chi connectivity index (χ4v) is 2.72. The molecule has 0 saturated heterocycles. The van der Waals surface area contributed by atoms with Crippen molar-refractivity contribution < 1.29 is 18.7 Å². The number of hydrazone groups is 1. The summed E-state index contributed by atoms with van der Waals surface area (Å²) in [5.74, 6) is -1.54. The first kappa shape index (κ1) is 20.6. The zero-order valence-electron chi connectivity index (χ0n) is 16.2. The van der Waals surface area contributed by atoms with Crippen LogP contribution in [-0.4, -0.2) is 39.5 Å². The van der Waals surface area contributed by atoms with Gasteiger partial charge in [-0.2, -0.15) is 5.10 Å². The van der Waals surface area contributed by atoms with Gasteiger partial charge in [0.15, 0.2) is 0 Å². The van der Waals surface area contributed by atoms with E-state index in [1.807, 2.05) is 0 Å². The lowest BCUT2D eigenvalue weighted by molar-refractivity contribution is -0.139. The number of rotatable bonds is 6. The predicted molar refractivity (Wildman–Crippen MR) is 106 cm³/mol. The van der Waals surface area contributed by atoms with E-state index in [1.165, 1.54) is 50.7 Å². The number of hydrogen-bond acceptors (Lipinski definition) is 6. The number of aromatic nitrogens is 3. The highest BCUT2D eigenvalue weighted by Crippen LogP contribution is 2.11. The van der Waals surface area contributed by atoms with E-state index < -0.39 is 23.3 Å². The van der Waals surface area contributed by atoms with E-state index in [9.17, 15) is 18.8 Å². The van der Waals surface area contributed by atoms with Crippen LogP contribution in [0.25, 0.3) is 5.69 Å². The van der Waals surface area contributed by atoms with Gasteiger partial charge in [-0.05, 0) is 43.3 Å². The second kappa shape index (κ2) is 8.95. The maximum absolute atomic E-state index is 13.2. The van der Waals surface area contributed by atoms with Gasteiger partial charge in [-0.15, -0.1) is 0 Å². The lowest BCUT2D eigenvalue weighted by Crippen LogP contribution is -2.24. The van der Waals surface area contributed by atoms with Crippen LogP contribution in [0.2, 0.25) is 0 Å². The van der Waals surface area contributed by atoms with Gasteiger partial charge in [-0.3, -0.25) is 24.5 Å². The molecule has 2 heterocycles. The van der Waals surface area contributed by atoms with E-state index in [0.29, 0.717) is 11.3 Å². The third-order valence-corrected chi connectivity index (χ3v) is 4.21. The van der Waals surface area contributed by atoms with Crippen molar-refractivity contribution in [3.8, 4) is 5.69 Å². The van der Waals surface area contributed by atoms with E-state index in [2.05, 4.69) is 25.3 Å². The smallest absolute Gasteiger partial charge is 0.311 e. The van der Waals surface area contributed by atoms with Crippen molar-refractivity contribution in [1.82, 2.24) is 20.2 Å². The molecule has 0 aliphatic carbocycles. The van der Waals surface area contributed by atoms with Gasteiger partial charge in [-0.25, -0.2) is 14.5 Å². The molecule has 0 unspecified atom stereocenters. The van der Waals surface area contributed by atoms with Gasteiger partial charge in [0.25, 0.3) is 11.5 Å². The van der Waals surface area contributed by atoms with Crippen LogP contribution in [0.4, 0.5) is 4.39 Å². The average Bonchev–Trinajstić information content (AvgIpc) is 3.08. The van der Waals surface area contributed by atoms with Crippen LogP contribution in [-0.2, 0) is 16.0 Å². The van der Waals surface area contributed by atoms with Crippen molar-refractivity contribution in [3.63, 3.8) is 0 Å². The van der Waals surface area contributed by atoms with Gasteiger partial charge >= 0.3 is 5.97 Å². The SMILES string of the molecule is COC(=O)Cc1[nH]n(-c2ccc(F)cc2)c(=O)c1C(C)=NNC(=O)c1cccnc1. The molecular formula is C20H18FN5O4. The first-order valence-corrected chi connectivity index (χ1v) is 8.82. The number of carbonyl (C=O) groups is 2. The minimum atomic E-state index is -0.573. The van der Waals surface area contributed by atoms with Crippen molar-refractivity contribution in [2.24, 2.45) is 5.10 Å². The molecule has 0 radical (unpaired) electrons. The van der Waals surface area contributed by atoms with Crippen LogP contribution in [0, 0.1) is 5.82 Å². The maximum atomic E-state index is 13.2. The summed E-state index contributed by atoms with van der Waals surface area (Å²) >= 11 is 0. The summed E-state index contributed by atoms with van der Waals surface area (Å²) in [6.45, 7) is 1.52. The molecule has 0 aliphatic heterocycles. The fourth-order valence-electron chi connectivity index (χ4n) is 2.72. The van der Waals surface area contributed by atoms with Gasteiger partial charge in [0, 0.05) is 12.4 Å². The zero-order valence-corrected chi connectivity index (χ0v) is 16.2. The minimum absolute atomic E-state index is 0.0937. The van der Waals surface area contributed by atoms with Crippen LogP contribution >= 0.6 is 0 Å². The molecule has 0 bridgehead atoms. The second-order valence-electron chi connectivity index (χ2n) is 6.22. The number of aromatic amines is 1. The number of benzene rings is 1.